The van der Waals surface area contributed by atoms with Crippen LogP contribution in [-0.4, -0.2) is 14.5 Å². The second kappa shape index (κ2) is 7.55. The standard InChI is InChI=1S/C21H16ClN3OS/c1-2-11-25-20(26)17-10-8-15(22)12-19(17)24-21(25)27-13-16-9-7-14-5-3-4-6-18(14)23-16/h2-10,12H,1,11,13H2. The maximum absolute atomic E-state index is 12.8. The highest BCUT2D eigenvalue weighted by atomic mass is 35.5. The van der Waals surface area contributed by atoms with Crippen molar-refractivity contribution in [3.8, 4) is 0 Å². The van der Waals surface area contributed by atoms with Gasteiger partial charge in [0.15, 0.2) is 5.16 Å². The fourth-order valence-corrected chi connectivity index (χ4v) is 3.98. The molecule has 0 saturated heterocycles. The monoisotopic (exact) mass is 393 g/mol. The molecule has 27 heavy (non-hydrogen) atoms. The van der Waals surface area contributed by atoms with Crippen molar-refractivity contribution in [1.82, 2.24) is 14.5 Å². The van der Waals surface area contributed by atoms with E-state index in [0.717, 1.165) is 16.6 Å². The number of halogens is 1. The number of fused-ring (bicyclic) bond motifs is 2. The number of pyridine rings is 1. The van der Waals surface area contributed by atoms with Crippen LogP contribution in [0, 0.1) is 0 Å². The highest BCUT2D eigenvalue weighted by Crippen LogP contribution is 2.24. The molecule has 4 nitrogen and oxygen atoms in total. The first-order valence-corrected chi connectivity index (χ1v) is 9.80. The van der Waals surface area contributed by atoms with Crippen LogP contribution in [0.3, 0.4) is 0 Å². The lowest BCUT2D eigenvalue weighted by Crippen LogP contribution is -2.22. The Balaban J connectivity index is 1.71. The predicted octanol–water partition coefficient (Wildman–Crippen LogP) is 5.08. The van der Waals surface area contributed by atoms with Crippen LogP contribution >= 0.6 is 23.4 Å². The number of rotatable bonds is 5. The molecule has 4 aromatic rings. The van der Waals surface area contributed by atoms with Crippen LogP contribution in [0.2, 0.25) is 5.02 Å². The molecule has 6 heteroatoms. The summed E-state index contributed by atoms with van der Waals surface area (Å²) in [6.07, 6.45) is 1.70. The Morgan fingerprint density at radius 2 is 1.93 bits per heavy atom. The van der Waals surface area contributed by atoms with E-state index in [0.29, 0.717) is 33.4 Å². The average Bonchev–Trinajstić information content (AvgIpc) is 2.68. The third-order valence-corrected chi connectivity index (χ3v) is 5.44. The molecule has 0 unspecified atom stereocenters. The smallest absolute Gasteiger partial charge is 0.262 e. The number of allylic oxidation sites excluding steroid dienone is 1. The lowest BCUT2D eigenvalue weighted by molar-refractivity contribution is 0.671. The number of nitrogens with zero attached hydrogens (tertiary/aromatic N) is 3. The van der Waals surface area contributed by atoms with Gasteiger partial charge < -0.3 is 0 Å². The van der Waals surface area contributed by atoms with Crippen molar-refractivity contribution in [1.29, 1.82) is 0 Å². The van der Waals surface area contributed by atoms with Gasteiger partial charge in [-0.2, -0.15) is 0 Å². The zero-order chi connectivity index (χ0) is 18.8. The molecule has 0 aliphatic carbocycles. The number of benzene rings is 2. The van der Waals surface area contributed by atoms with Crippen LogP contribution in [0.4, 0.5) is 0 Å². The van der Waals surface area contributed by atoms with Gasteiger partial charge in [-0.15, -0.1) is 6.58 Å². The molecule has 0 saturated carbocycles. The predicted molar refractivity (Wildman–Crippen MR) is 113 cm³/mol. The Labute approximate surface area is 165 Å². The minimum atomic E-state index is -0.0921. The second-order valence-corrected chi connectivity index (χ2v) is 7.42. The topological polar surface area (TPSA) is 47.8 Å². The van der Waals surface area contributed by atoms with Gasteiger partial charge in [-0.1, -0.05) is 53.7 Å². The van der Waals surface area contributed by atoms with Gasteiger partial charge >= 0.3 is 0 Å². The molecule has 2 heterocycles. The fraction of sp³-hybridized carbons (Fsp3) is 0.0952. The van der Waals surface area contributed by atoms with E-state index in [-0.39, 0.29) is 5.56 Å². The summed E-state index contributed by atoms with van der Waals surface area (Å²) < 4.78 is 1.63. The van der Waals surface area contributed by atoms with E-state index in [4.69, 9.17) is 11.6 Å². The van der Waals surface area contributed by atoms with E-state index < -0.39 is 0 Å². The molecule has 2 aromatic carbocycles. The summed E-state index contributed by atoms with van der Waals surface area (Å²) in [5, 5.41) is 2.84. The minimum absolute atomic E-state index is 0.0921. The number of thioether (sulfide) groups is 1. The van der Waals surface area contributed by atoms with Crippen molar-refractivity contribution < 1.29 is 0 Å². The first-order valence-electron chi connectivity index (χ1n) is 8.44. The van der Waals surface area contributed by atoms with Crippen LogP contribution in [0.1, 0.15) is 5.69 Å². The molecule has 0 aliphatic heterocycles. The molecular formula is C21H16ClN3OS. The molecule has 0 fully saturated rings. The van der Waals surface area contributed by atoms with Gasteiger partial charge in [0.05, 0.1) is 22.1 Å². The zero-order valence-corrected chi connectivity index (χ0v) is 16.0. The van der Waals surface area contributed by atoms with Crippen LogP contribution in [0.25, 0.3) is 21.8 Å². The quantitative estimate of drug-likeness (QED) is 0.269. The Morgan fingerprint density at radius 3 is 2.78 bits per heavy atom. The van der Waals surface area contributed by atoms with Gasteiger partial charge in [0.2, 0.25) is 0 Å². The second-order valence-electron chi connectivity index (χ2n) is 6.04. The van der Waals surface area contributed by atoms with E-state index in [2.05, 4.69) is 22.6 Å². The molecule has 134 valence electrons. The van der Waals surface area contributed by atoms with Gasteiger partial charge in [-0.3, -0.25) is 14.3 Å². The Morgan fingerprint density at radius 1 is 1.07 bits per heavy atom. The van der Waals surface area contributed by atoms with Crippen LogP contribution in [-0.2, 0) is 12.3 Å². The highest BCUT2D eigenvalue weighted by Gasteiger charge is 2.12. The molecular weight excluding hydrogens is 378 g/mol. The lowest BCUT2D eigenvalue weighted by atomic mass is 10.2. The largest absolute Gasteiger partial charge is 0.283 e. The molecule has 0 bridgehead atoms. The van der Waals surface area contributed by atoms with E-state index in [1.54, 1.807) is 28.8 Å². The first-order chi connectivity index (χ1) is 13.2. The average molecular weight is 394 g/mol. The Hall–Kier alpha value is -2.63. The molecule has 0 spiro atoms. The summed E-state index contributed by atoms with van der Waals surface area (Å²) in [5.41, 5.74) is 2.40. The zero-order valence-electron chi connectivity index (χ0n) is 14.4. The molecule has 4 rings (SSSR count). The first kappa shape index (κ1) is 17.8. The molecule has 0 aliphatic rings. The molecule has 0 atom stereocenters. The molecule has 2 aromatic heterocycles. The number of hydrogen-bond donors (Lipinski definition) is 0. The molecule has 0 radical (unpaired) electrons. The SMILES string of the molecule is C=CCn1c(SCc2ccc3ccccc3n2)nc2cc(Cl)ccc2c1=O. The van der Waals surface area contributed by atoms with E-state index in [1.807, 2.05) is 30.3 Å². The van der Waals surface area contributed by atoms with Gasteiger partial charge in [-0.25, -0.2) is 4.98 Å². The summed E-state index contributed by atoms with van der Waals surface area (Å²) in [6.45, 7) is 4.16. The third-order valence-electron chi connectivity index (χ3n) is 4.20. The summed E-state index contributed by atoms with van der Waals surface area (Å²) in [6, 6.07) is 17.2. The van der Waals surface area contributed by atoms with Crippen molar-refractivity contribution in [3.05, 3.63) is 88.3 Å². The summed E-state index contributed by atoms with van der Waals surface area (Å²) in [4.78, 5) is 22.2. The number of para-hydroxylation sites is 1. The van der Waals surface area contributed by atoms with Crippen LogP contribution in [0.15, 0.2) is 77.2 Å². The van der Waals surface area contributed by atoms with Crippen molar-refractivity contribution in [2.75, 3.05) is 0 Å². The van der Waals surface area contributed by atoms with Crippen molar-refractivity contribution in [3.63, 3.8) is 0 Å². The lowest BCUT2D eigenvalue weighted by Gasteiger charge is -2.11. The van der Waals surface area contributed by atoms with Crippen LogP contribution in [0.5, 0.6) is 0 Å². The van der Waals surface area contributed by atoms with Gasteiger partial charge in [-0.05, 0) is 30.3 Å². The van der Waals surface area contributed by atoms with Crippen molar-refractivity contribution in [2.24, 2.45) is 0 Å². The Kier molecular flexibility index (Phi) is 4.97. The van der Waals surface area contributed by atoms with Gasteiger partial charge in [0, 0.05) is 22.7 Å². The van der Waals surface area contributed by atoms with E-state index in [9.17, 15) is 4.79 Å². The van der Waals surface area contributed by atoms with Gasteiger partial charge in [0.25, 0.3) is 5.56 Å². The van der Waals surface area contributed by atoms with Gasteiger partial charge in [0.1, 0.15) is 0 Å². The summed E-state index contributed by atoms with van der Waals surface area (Å²) >= 11 is 7.55. The minimum Gasteiger partial charge on any atom is -0.283 e. The van der Waals surface area contributed by atoms with E-state index >= 15 is 0 Å². The third kappa shape index (κ3) is 3.61. The highest BCUT2D eigenvalue weighted by molar-refractivity contribution is 7.98. The fourth-order valence-electron chi connectivity index (χ4n) is 2.90. The van der Waals surface area contributed by atoms with Crippen molar-refractivity contribution in [2.45, 2.75) is 17.5 Å². The molecule has 0 amide bonds. The Bertz CT molecular complexity index is 1220. The normalized spacial score (nSPS) is 11.1. The number of aromatic nitrogens is 3. The summed E-state index contributed by atoms with van der Waals surface area (Å²) in [7, 11) is 0. The summed E-state index contributed by atoms with van der Waals surface area (Å²) in [5.74, 6) is 0.612. The van der Waals surface area contributed by atoms with Crippen molar-refractivity contribution >= 4 is 45.2 Å². The van der Waals surface area contributed by atoms with Crippen LogP contribution < -0.4 is 5.56 Å². The maximum Gasteiger partial charge on any atom is 0.262 e. The molecule has 0 N–H and O–H groups in total. The van der Waals surface area contributed by atoms with E-state index in [1.165, 1.54) is 11.8 Å². The number of hydrogen-bond acceptors (Lipinski definition) is 4. The maximum atomic E-state index is 12.8.